The number of carboxylic acid groups (broad SMARTS) is 1. The highest BCUT2D eigenvalue weighted by Crippen LogP contribution is 2.30. The quantitative estimate of drug-likeness (QED) is 0.841. The predicted molar refractivity (Wildman–Crippen MR) is 85.2 cm³/mol. The number of nitrogens with one attached hydrogen (secondary N) is 1. The van der Waals surface area contributed by atoms with Gasteiger partial charge in [0.2, 0.25) is 0 Å². The van der Waals surface area contributed by atoms with Crippen molar-refractivity contribution in [2.75, 3.05) is 0 Å². The minimum absolute atomic E-state index is 0.107. The molecule has 116 valence electrons. The summed E-state index contributed by atoms with van der Waals surface area (Å²) in [5, 5.41) is 12.7. The van der Waals surface area contributed by atoms with Crippen LogP contribution in [0.2, 0.25) is 0 Å². The van der Waals surface area contributed by atoms with Gasteiger partial charge in [0.25, 0.3) is 0 Å². The third kappa shape index (κ3) is 4.57. The summed E-state index contributed by atoms with van der Waals surface area (Å²) in [6.45, 7) is 5.39. The molecule has 0 radical (unpaired) electrons. The fourth-order valence-electron chi connectivity index (χ4n) is 3.52. The Kier molecular flexibility index (Phi) is 5.80. The number of carboxylic acids is 1. The topological polar surface area (TPSA) is 49.3 Å². The fourth-order valence-corrected chi connectivity index (χ4v) is 3.52. The molecule has 1 aromatic rings. The SMILES string of the molecule is CC(C)C1CCCCC1NCc1ccccc1CC(=O)O. The molecule has 2 unspecified atom stereocenters. The van der Waals surface area contributed by atoms with Crippen LogP contribution in [0.4, 0.5) is 0 Å². The van der Waals surface area contributed by atoms with E-state index in [1.54, 1.807) is 0 Å². The van der Waals surface area contributed by atoms with E-state index < -0.39 is 5.97 Å². The maximum Gasteiger partial charge on any atom is 0.307 e. The summed E-state index contributed by atoms with van der Waals surface area (Å²) < 4.78 is 0. The Hall–Kier alpha value is -1.35. The van der Waals surface area contributed by atoms with E-state index >= 15 is 0 Å². The van der Waals surface area contributed by atoms with Crippen molar-refractivity contribution in [2.24, 2.45) is 11.8 Å². The lowest BCUT2D eigenvalue weighted by molar-refractivity contribution is -0.136. The summed E-state index contributed by atoms with van der Waals surface area (Å²) in [7, 11) is 0. The van der Waals surface area contributed by atoms with Gasteiger partial charge in [0.1, 0.15) is 0 Å². The van der Waals surface area contributed by atoms with Crippen molar-refractivity contribution in [2.45, 2.75) is 58.5 Å². The van der Waals surface area contributed by atoms with Crippen LogP contribution < -0.4 is 5.32 Å². The van der Waals surface area contributed by atoms with E-state index in [1.807, 2.05) is 24.3 Å². The summed E-state index contributed by atoms with van der Waals surface area (Å²) >= 11 is 0. The van der Waals surface area contributed by atoms with Gasteiger partial charge in [0.05, 0.1) is 6.42 Å². The van der Waals surface area contributed by atoms with E-state index in [1.165, 1.54) is 25.7 Å². The summed E-state index contributed by atoms with van der Waals surface area (Å²) in [4.78, 5) is 10.9. The van der Waals surface area contributed by atoms with Crippen LogP contribution in [0, 0.1) is 11.8 Å². The molecule has 2 rings (SSSR count). The molecular formula is C18H27NO2. The molecule has 21 heavy (non-hydrogen) atoms. The second kappa shape index (κ2) is 7.60. The third-order valence-corrected chi connectivity index (χ3v) is 4.69. The summed E-state index contributed by atoms with van der Waals surface area (Å²) in [6, 6.07) is 8.43. The van der Waals surface area contributed by atoms with E-state index in [0.29, 0.717) is 12.0 Å². The molecule has 0 saturated heterocycles. The Morgan fingerprint density at radius 1 is 1.24 bits per heavy atom. The Labute approximate surface area is 127 Å². The lowest BCUT2D eigenvalue weighted by Gasteiger charge is -2.35. The third-order valence-electron chi connectivity index (χ3n) is 4.69. The Bertz CT molecular complexity index is 470. The van der Waals surface area contributed by atoms with Crippen LogP contribution in [0.5, 0.6) is 0 Å². The average molecular weight is 289 g/mol. The maximum atomic E-state index is 10.9. The number of carbonyl (C=O) groups is 1. The first-order valence-electron chi connectivity index (χ1n) is 8.10. The average Bonchev–Trinajstić information content (AvgIpc) is 2.46. The standard InChI is InChI=1S/C18H27NO2/c1-13(2)16-9-5-6-10-17(16)19-12-15-8-4-3-7-14(15)11-18(20)21/h3-4,7-8,13,16-17,19H,5-6,9-12H2,1-2H3,(H,20,21). The summed E-state index contributed by atoms with van der Waals surface area (Å²) in [5.41, 5.74) is 2.04. The van der Waals surface area contributed by atoms with Crippen molar-refractivity contribution in [1.29, 1.82) is 0 Å². The van der Waals surface area contributed by atoms with Gasteiger partial charge in [-0.1, -0.05) is 51.0 Å². The largest absolute Gasteiger partial charge is 0.481 e. The van der Waals surface area contributed by atoms with Gasteiger partial charge in [-0.15, -0.1) is 0 Å². The molecule has 0 heterocycles. The number of hydrogen-bond donors (Lipinski definition) is 2. The Morgan fingerprint density at radius 2 is 1.90 bits per heavy atom. The second-order valence-electron chi connectivity index (χ2n) is 6.52. The molecule has 3 heteroatoms. The molecule has 0 amide bonds. The summed E-state index contributed by atoms with van der Waals surface area (Å²) in [6.07, 6.45) is 5.31. The zero-order valence-electron chi connectivity index (χ0n) is 13.1. The first-order valence-corrected chi connectivity index (χ1v) is 8.10. The van der Waals surface area contributed by atoms with Crippen molar-refractivity contribution < 1.29 is 9.90 Å². The monoisotopic (exact) mass is 289 g/mol. The van der Waals surface area contributed by atoms with Crippen LogP contribution >= 0.6 is 0 Å². The zero-order valence-corrected chi connectivity index (χ0v) is 13.1. The van der Waals surface area contributed by atoms with Gasteiger partial charge in [-0.3, -0.25) is 4.79 Å². The van der Waals surface area contributed by atoms with Crippen molar-refractivity contribution in [3.63, 3.8) is 0 Å². The molecule has 1 aliphatic carbocycles. The van der Waals surface area contributed by atoms with Gasteiger partial charge >= 0.3 is 5.97 Å². The first kappa shape index (κ1) is 16.0. The lowest BCUT2D eigenvalue weighted by atomic mass is 9.78. The molecule has 0 aromatic heterocycles. The number of rotatable bonds is 6. The molecule has 0 aliphatic heterocycles. The lowest BCUT2D eigenvalue weighted by Crippen LogP contribution is -2.40. The second-order valence-corrected chi connectivity index (χ2v) is 6.52. The predicted octanol–water partition coefficient (Wildman–Crippen LogP) is 3.62. The van der Waals surface area contributed by atoms with Crippen LogP contribution in [0.3, 0.4) is 0 Å². The smallest absolute Gasteiger partial charge is 0.307 e. The minimum Gasteiger partial charge on any atom is -0.481 e. The molecule has 0 bridgehead atoms. The molecule has 2 atom stereocenters. The van der Waals surface area contributed by atoms with E-state index in [2.05, 4.69) is 19.2 Å². The van der Waals surface area contributed by atoms with Crippen LogP contribution in [-0.2, 0) is 17.8 Å². The molecule has 3 nitrogen and oxygen atoms in total. The Balaban J connectivity index is 2.00. The van der Waals surface area contributed by atoms with Crippen molar-refractivity contribution >= 4 is 5.97 Å². The van der Waals surface area contributed by atoms with Gasteiger partial charge < -0.3 is 10.4 Å². The maximum absolute atomic E-state index is 10.9. The molecule has 1 aromatic carbocycles. The summed E-state index contributed by atoms with van der Waals surface area (Å²) in [5.74, 6) is 0.683. The molecule has 1 saturated carbocycles. The highest BCUT2D eigenvalue weighted by Gasteiger charge is 2.27. The van der Waals surface area contributed by atoms with Crippen molar-refractivity contribution in [1.82, 2.24) is 5.32 Å². The van der Waals surface area contributed by atoms with Crippen molar-refractivity contribution in [3.8, 4) is 0 Å². The molecule has 2 N–H and O–H groups in total. The van der Waals surface area contributed by atoms with Crippen LogP contribution in [0.15, 0.2) is 24.3 Å². The first-order chi connectivity index (χ1) is 10.1. The van der Waals surface area contributed by atoms with Crippen molar-refractivity contribution in [3.05, 3.63) is 35.4 Å². The highest BCUT2D eigenvalue weighted by molar-refractivity contribution is 5.70. The van der Waals surface area contributed by atoms with E-state index in [0.717, 1.165) is 23.6 Å². The van der Waals surface area contributed by atoms with Crippen LogP contribution in [0.25, 0.3) is 0 Å². The highest BCUT2D eigenvalue weighted by atomic mass is 16.4. The fraction of sp³-hybridized carbons (Fsp3) is 0.611. The zero-order chi connectivity index (χ0) is 15.2. The van der Waals surface area contributed by atoms with E-state index in [9.17, 15) is 4.79 Å². The number of aliphatic carboxylic acids is 1. The van der Waals surface area contributed by atoms with Crippen LogP contribution in [0.1, 0.15) is 50.7 Å². The molecule has 0 spiro atoms. The van der Waals surface area contributed by atoms with E-state index in [-0.39, 0.29) is 6.42 Å². The molecule has 1 aliphatic rings. The van der Waals surface area contributed by atoms with Gasteiger partial charge in [-0.05, 0) is 35.8 Å². The van der Waals surface area contributed by atoms with Crippen LogP contribution in [-0.4, -0.2) is 17.1 Å². The number of hydrogen-bond acceptors (Lipinski definition) is 2. The molecular weight excluding hydrogens is 262 g/mol. The van der Waals surface area contributed by atoms with Gasteiger partial charge in [0.15, 0.2) is 0 Å². The normalized spacial score (nSPS) is 22.4. The van der Waals surface area contributed by atoms with E-state index in [4.69, 9.17) is 5.11 Å². The van der Waals surface area contributed by atoms with Gasteiger partial charge in [-0.25, -0.2) is 0 Å². The molecule has 1 fully saturated rings. The Morgan fingerprint density at radius 3 is 2.57 bits per heavy atom. The number of benzene rings is 1. The van der Waals surface area contributed by atoms with Gasteiger partial charge in [0, 0.05) is 12.6 Å². The van der Waals surface area contributed by atoms with Gasteiger partial charge in [-0.2, -0.15) is 0 Å². The minimum atomic E-state index is -0.764.